The first-order chi connectivity index (χ1) is 9.77. The molecule has 0 aromatic heterocycles. The Morgan fingerprint density at radius 3 is 2.25 bits per heavy atom. The van der Waals surface area contributed by atoms with Crippen molar-refractivity contribution in [3.8, 4) is 5.75 Å². The Morgan fingerprint density at radius 2 is 1.65 bits per heavy atom. The van der Waals surface area contributed by atoms with E-state index in [2.05, 4.69) is 40.3 Å². The van der Waals surface area contributed by atoms with E-state index in [1.807, 2.05) is 6.07 Å². The number of benzene rings is 1. The van der Waals surface area contributed by atoms with Crippen molar-refractivity contribution in [1.29, 1.82) is 0 Å². The zero-order valence-corrected chi connectivity index (χ0v) is 14.5. The quantitative estimate of drug-likeness (QED) is 0.497. The van der Waals surface area contributed by atoms with Crippen molar-refractivity contribution in [3.63, 3.8) is 0 Å². The lowest BCUT2D eigenvalue weighted by Gasteiger charge is -2.09. The fourth-order valence-corrected chi connectivity index (χ4v) is 2.81. The molecule has 0 unspecified atom stereocenters. The lowest BCUT2D eigenvalue weighted by Crippen LogP contribution is -2.01. The highest BCUT2D eigenvalue weighted by molar-refractivity contribution is 9.10. The van der Waals surface area contributed by atoms with E-state index in [4.69, 9.17) is 4.74 Å². The van der Waals surface area contributed by atoms with Crippen LogP contribution in [0.3, 0.4) is 0 Å². The summed E-state index contributed by atoms with van der Waals surface area (Å²) in [5.74, 6) is 0.877. The maximum absolute atomic E-state index is 5.22. The van der Waals surface area contributed by atoms with Gasteiger partial charge in [-0.1, -0.05) is 51.9 Å². The SMILES string of the molecule is CCCCCCCCCCNc1ccc(OC)c(Br)c1. The van der Waals surface area contributed by atoms with Crippen molar-refractivity contribution in [2.45, 2.75) is 58.3 Å². The van der Waals surface area contributed by atoms with Gasteiger partial charge >= 0.3 is 0 Å². The number of rotatable bonds is 11. The summed E-state index contributed by atoms with van der Waals surface area (Å²) in [5, 5.41) is 3.46. The molecule has 1 aromatic carbocycles. The highest BCUT2D eigenvalue weighted by atomic mass is 79.9. The zero-order valence-electron chi connectivity index (χ0n) is 12.9. The van der Waals surface area contributed by atoms with Crippen LogP contribution in [-0.4, -0.2) is 13.7 Å². The molecule has 1 rings (SSSR count). The van der Waals surface area contributed by atoms with E-state index in [0.29, 0.717) is 0 Å². The standard InChI is InChI=1S/C17H28BrNO/c1-3-4-5-6-7-8-9-10-13-19-15-11-12-17(20-2)16(18)14-15/h11-12,14,19H,3-10,13H2,1-2H3. The number of hydrogen-bond acceptors (Lipinski definition) is 2. The summed E-state index contributed by atoms with van der Waals surface area (Å²) in [6.45, 7) is 3.32. The molecule has 2 nitrogen and oxygen atoms in total. The molecule has 0 saturated heterocycles. The number of hydrogen-bond donors (Lipinski definition) is 1. The molecule has 0 fully saturated rings. The molecule has 0 spiro atoms. The van der Waals surface area contributed by atoms with Crippen LogP contribution in [0.2, 0.25) is 0 Å². The van der Waals surface area contributed by atoms with Gasteiger partial charge in [0.2, 0.25) is 0 Å². The molecular weight excluding hydrogens is 314 g/mol. The van der Waals surface area contributed by atoms with Gasteiger partial charge in [-0.25, -0.2) is 0 Å². The average molecular weight is 342 g/mol. The van der Waals surface area contributed by atoms with Gasteiger partial charge in [-0.15, -0.1) is 0 Å². The Balaban J connectivity index is 2.05. The smallest absolute Gasteiger partial charge is 0.133 e. The van der Waals surface area contributed by atoms with Gasteiger partial charge < -0.3 is 10.1 Å². The Bertz CT molecular complexity index is 368. The molecule has 0 aliphatic carbocycles. The second-order valence-corrected chi connectivity index (χ2v) is 6.11. The van der Waals surface area contributed by atoms with Gasteiger partial charge in [0.15, 0.2) is 0 Å². The highest BCUT2D eigenvalue weighted by Gasteiger charge is 2.00. The molecule has 20 heavy (non-hydrogen) atoms. The van der Waals surface area contributed by atoms with Crippen LogP contribution in [0, 0.1) is 0 Å². The van der Waals surface area contributed by atoms with Crippen molar-refractivity contribution < 1.29 is 4.74 Å². The van der Waals surface area contributed by atoms with Gasteiger partial charge in [-0.05, 0) is 40.5 Å². The van der Waals surface area contributed by atoms with Crippen LogP contribution < -0.4 is 10.1 Å². The molecule has 0 radical (unpaired) electrons. The summed E-state index contributed by atoms with van der Waals surface area (Å²) in [6, 6.07) is 6.12. The van der Waals surface area contributed by atoms with Gasteiger partial charge in [-0.3, -0.25) is 0 Å². The third-order valence-electron chi connectivity index (χ3n) is 3.51. The van der Waals surface area contributed by atoms with E-state index in [-0.39, 0.29) is 0 Å². The van der Waals surface area contributed by atoms with Gasteiger partial charge in [0.25, 0.3) is 0 Å². The lowest BCUT2D eigenvalue weighted by molar-refractivity contribution is 0.412. The number of nitrogens with one attached hydrogen (secondary N) is 1. The van der Waals surface area contributed by atoms with Crippen molar-refractivity contribution in [2.24, 2.45) is 0 Å². The van der Waals surface area contributed by atoms with Crippen LogP contribution >= 0.6 is 15.9 Å². The monoisotopic (exact) mass is 341 g/mol. The van der Waals surface area contributed by atoms with E-state index in [9.17, 15) is 0 Å². The normalized spacial score (nSPS) is 10.6. The van der Waals surface area contributed by atoms with Crippen LogP contribution in [0.15, 0.2) is 22.7 Å². The zero-order chi connectivity index (χ0) is 14.6. The molecule has 0 saturated carbocycles. The van der Waals surface area contributed by atoms with Crippen molar-refractivity contribution >= 4 is 21.6 Å². The first kappa shape index (κ1) is 17.4. The second kappa shape index (κ2) is 11.0. The van der Waals surface area contributed by atoms with Crippen LogP contribution in [0.4, 0.5) is 5.69 Å². The predicted octanol–water partition coefficient (Wildman–Crippen LogP) is 6.01. The molecule has 0 amide bonds. The first-order valence-electron chi connectivity index (χ1n) is 7.85. The molecule has 114 valence electrons. The second-order valence-electron chi connectivity index (χ2n) is 5.25. The van der Waals surface area contributed by atoms with E-state index in [0.717, 1.165) is 22.5 Å². The first-order valence-corrected chi connectivity index (χ1v) is 8.64. The minimum Gasteiger partial charge on any atom is -0.496 e. The topological polar surface area (TPSA) is 21.3 Å². The molecule has 3 heteroatoms. The van der Waals surface area contributed by atoms with Crippen molar-refractivity contribution in [3.05, 3.63) is 22.7 Å². The summed E-state index contributed by atoms with van der Waals surface area (Å²) < 4.78 is 6.22. The third kappa shape index (κ3) is 7.18. The highest BCUT2D eigenvalue weighted by Crippen LogP contribution is 2.27. The Kier molecular flexibility index (Phi) is 9.56. The fraction of sp³-hybridized carbons (Fsp3) is 0.647. The molecule has 0 aliphatic rings. The molecule has 1 aromatic rings. The summed E-state index contributed by atoms with van der Waals surface area (Å²) in [6.07, 6.45) is 10.9. The van der Waals surface area contributed by atoms with Crippen LogP contribution in [-0.2, 0) is 0 Å². The largest absolute Gasteiger partial charge is 0.496 e. The average Bonchev–Trinajstić information content (AvgIpc) is 2.46. The van der Waals surface area contributed by atoms with Crippen molar-refractivity contribution in [1.82, 2.24) is 0 Å². The van der Waals surface area contributed by atoms with Gasteiger partial charge in [0.1, 0.15) is 5.75 Å². The molecule has 0 aliphatic heterocycles. The number of anilines is 1. The summed E-state index contributed by atoms with van der Waals surface area (Å²) in [5.41, 5.74) is 1.15. The summed E-state index contributed by atoms with van der Waals surface area (Å²) >= 11 is 3.51. The Morgan fingerprint density at radius 1 is 1.00 bits per heavy atom. The molecule has 0 atom stereocenters. The van der Waals surface area contributed by atoms with Crippen LogP contribution in [0.1, 0.15) is 58.3 Å². The Labute approximate surface area is 132 Å². The summed E-state index contributed by atoms with van der Waals surface area (Å²) in [7, 11) is 1.69. The molecular formula is C17H28BrNO. The summed E-state index contributed by atoms with van der Waals surface area (Å²) in [4.78, 5) is 0. The third-order valence-corrected chi connectivity index (χ3v) is 4.13. The fourth-order valence-electron chi connectivity index (χ4n) is 2.27. The molecule has 0 heterocycles. The van der Waals surface area contributed by atoms with Gasteiger partial charge in [-0.2, -0.15) is 0 Å². The van der Waals surface area contributed by atoms with E-state index < -0.39 is 0 Å². The maximum Gasteiger partial charge on any atom is 0.133 e. The van der Waals surface area contributed by atoms with E-state index >= 15 is 0 Å². The number of ether oxygens (including phenoxy) is 1. The van der Waals surface area contributed by atoms with Crippen LogP contribution in [0.5, 0.6) is 5.75 Å². The number of methoxy groups -OCH3 is 1. The van der Waals surface area contributed by atoms with Crippen molar-refractivity contribution in [2.75, 3.05) is 19.0 Å². The minimum absolute atomic E-state index is 0.877. The van der Waals surface area contributed by atoms with E-state index in [1.165, 1.54) is 51.4 Å². The van der Waals surface area contributed by atoms with Gasteiger partial charge in [0, 0.05) is 12.2 Å². The number of unbranched alkanes of at least 4 members (excludes halogenated alkanes) is 7. The van der Waals surface area contributed by atoms with Gasteiger partial charge in [0.05, 0.1) is 11.6 Å². The maximum atomic E-state index is 5.22. The lowest BCUT2D eigenvalue weighted by atomic mass is 10.1. The molecule has 1 N–H and O–H groups in total. The predicted molar refractivity (Wildman–Crippen MR) is 91.8 cm³/mol. The molecule has 0 bridgehead atoms. The number of halogens is 1. The van der Waals surface area contributed by atoms with Crippen LogP contribution in [0.25, 0.3) is 0 Å². The Hall–Kier alpha value is -0.700. The minimum atomic E-state index is 0.877. The van der Waals surface area contributed by atoms with E-state index in [1.54, 1.807) is 7.11 Å².